The van der Waals surface area contributed by atoms with Crippen LogP contribution in [0.4, 0.5) is 5.69 Å². The Morgan fingerprint density at radius 1 is 1.62 bits per heavy atom. The number of rotatable bonds is 5. The van der Waals surface area contributed by atoms with Gasteiger partial charge in [-0.2, -0.15) is 0 Å². The fourth-order valence-corrected chi connectivity index (χ4v) is 1.27. The van der Waals surface area contributed by atoms with Crippen molar-refractivity contribution in [1.29, 1.82) is 0 Å². The lowest BCUT2D eigenvalue weighted by Crippen LogP contribution is -2.24. The second-order valence-electron chi connectivity index (χ2n) is 3.45. The Labute approximate surface area is 92.5 Å². The van der Waals surface area contributed by atoms with Crippen molar-refractivity contribution in [1.82, 2.24) is 4.98 Å². The molecule has 0 aromatic carbocycles. The topological polar surface area (TPSA) is 105 Å². The fourth-order valence-electron chi connectivity index (χ4n) is 1.27. The van der Waals surface area contributed by atoms with Crippen LogP contribution in [0.25, 0.3) is 0 Å². The van der Waals surface area contributed by atoms with Gasteiger partial charge in [0.05, 0.1) is 0 Å². The lowest BCUT2D eigenvalue weighted by atomic mass is 10.2. The average Bonchev–Trinajstić information content (AvgIpc) is 2.16. The second-order valence-corrected chi connectivity index (χ2v) is 3.45. The van der Waals surface area contributed by atoms with Crippen molar-refractivity contribution in [3.63, 3.8) is 0 Å². The van der Waals surface area contributed by atoms with E-state index in [9.17, 15) is 9.59 Å². The number of nitrogens with zero attached hydrogens (tertiary/aromatic N) is 1. The molecule has 1 amide bonds. The van der Waals surface area contributed by atoms with Crippen molar-refractivity contribution >= 4 is 17.6 Å². The van der Waals surface area contributed by atoms with Gasteiger partial charge in [0, 0.05) is 24.3 Å². The van der Waals surface area contributed by atoms with Crippen molar-refractivity contribution < 1.29 is 14.7 Å². The standard InChI is InChI=1S/C10H13N3O3/c1-6(4-9(11)14)13-7-2-3-12-8(5-7)10(15)16/h2-3,5-6H,4H2,1H3,(H2,11,14)(H,12,13)(H,15,16). The van der Waals surface area contributed by atoms with Gasteiger partial charge in [0.2, 0.25) is 5.91 Å². The SMILES string of the molecule is CC(CC(N)=O)Nc1ccnc(C(=O)O)c1. The first kappa shape index (κ1) is 12.0. The summed E-state index contributed by atoms with van der Waals surface area (Å²) < 4.78 is 0. The molecule has 1 atom stereocenters. The first-order chi connectivity index (χ1) is 7.49. The average molecular weight is 223 g/mol. The summed E-state index contributed by atoms with van der Waals surface area (Å²) in [5.74, 6) is -1.50. The Balaban J connectivity index is 2.70. The quantitative estimate of drug-likeness (QED) is 0.672. The summed E-state index contributed by atoms with van der Waals surface area (Å²) in [6.07, 6.45) is 1.58. The van der Waals surface area contributed by atoms with Crippen molar-refractivity contribution in [2.75, 3.05) is 5.32 Å². The molecular formula is C10H13N3O3. The number of primary amides is 1. The Morgan fingerprint density at radius 2 is 2.31 bits per heavy atom. The Kier molecular flexibility index (Phi) is 3.82. The van der Waals surface area contributed by atoms with Crippen LogP contribution in [0.15, 0.2) is 18.3 Å². The molecular weight excluding hydrogens is 210 g/mol. The minimum absolute atomic E-state index is 0.0451. The molecule has 0 aliphatic heterocycles. The van der Waals surface area contributed by atoms with Crippen molar-refractivity contribution in [2.24, 2.45) is 5.73 Å². The number of amides is 1. The highest BCUT2D eigenvalue weighted by Crippen LogP contribution is 2.10. The summed E-state index contributed by atoms with van der Waals surface area (Å²) in [6.45, 7) is 1.78. The minimum Gasteiger partial charge on any atom is -0.477 e. The number of carboxylic acid groups (broad SMARTS) is 1. The van der Waals surface area contributed by atoms with E-state index in [1.165, 1.54) is 12.3 Å². The van der Waals surface area contributed by atoms with E-state index in [0.717, 1.165) is 0 Å². The molecule has 6 heteroatoms. The maximum absolute atomic E-state index is 10.7. The molecule has 0 radical (unpaired) electrons. The van der Waals surface area contributed by atoms with Gasteiger partial charge in [0.1, 0.15) is 5.69 Å². The molecule has 1 heterocycles. The lowest BCUT2D eigenvalue weighted by Gasteiger charge is -2.13. The number of aromatic nitrogens is 1. The number of carboxylic acids is 1. The monoisotopic (exact) mass is 223 g/mol. The molecule has 1 unspecified atom stereocenters. The third-order valence-corrected chi connectivity index (χ3v) is 1.90. The zero-order valence-electron chi connectivity index (χ0n) is 8.80. The van der Waals surface area contributed by atoms with Gasteiger partial charge in [-0.05, 0) is 19.1 Å². The predicted octanol–water partition coefficient (Wildman–Crippen LogP) is 0.456. The normalized spacial score (nSPS) is 11.8. The van der Waals surface area contributed by atoms with Crippen LogP contribution in [0.1, 0.15) is 23.8 Å². The third-order valence-electron chi connectivity index (χ3n) is 1.90. The van der Waals surface area contributed by atoms with Gasteiger partial charge in [-0.15, -0.1) is 0 Å². The Morgan fingerprint density at radius 3 is 2.88 bits per heavy atom. The maximum atomic E-state index is 10.7. The van der Waals surface area contributed by atoms with Crippen LogP contribution in [-0.2, 0) is 4.79 Å². The molecule has 1 aromatic heterocycles. The molecule has 0 aliphatic carbocycles. The molecule has 0 fully saturated rings. The van der Waals surface area contributed by atoms with Crippen LogP contribution in [0.2, 0.25) is 0 Å². The first-order valence-corrected chi connectivity index (χ1v) is 4.73. The zero-order valence-corrected chi connectivity index (χ0v) is 8.80. The summed E-state index contributed by atoms with van der Waals surface area (Å²) in [7, 11) is 0. The van der Waals surface area contributed by atoms with Gasteiger partial charge in [0.25, 0.3) is 0 Å². The van der Waals surface area contributed by atoms with Crippen LogP contribution in [-0.4, -0.2) is 28.0 Å². The number of hydrogen-bond acceptors (Lipinski definition) is 4. The van der Waals surface area contributed by atoms with Crippen LogP contribution < -0.4 is 11.1 Å². The zero-order chi connectivity index (χ0) is 12.1. The third kappa shape index (κ3) is 3.56. The summed E-state index contributed by atoms with van der Waals surface area (Å²) >= 11 is 0. The lowest BCUT2D eigenvalue weighted by molar-refractivity contribution is -0.118. The summed E-state index contributed by atoms with van der Waals surface area (Å²) in [5, 5.41) is 11.7. The van der Waals surface area contributed by atoms with Gasteiger partial charge >= 0.3 is 5.97 Å². The largest absolute Gasteiger partial charge is 0.477 e. The predicted molar refractivity (Wildman–Crippen MR) is 58.1 cm³/mol. The van der Waals surface area contributed by atoms with Gasteiger partial charge in [-0.1, -0.05) is 0 Å². The molecule has 0 spiro atoms. The van der Waals surface area contributed by atoms with Crippen LogP contribution >= 0.6 is 0 Å². The van der Waals surface area contributed by atoms with E-state index in [1.54, 1.807) is 13.0 Å². The number of nitrogens with two attached hydrogens (primary N) is 1. The molecule has 4 N–H and O–H groups in total. The van der Waals surface area contributed by atoms with E-state index >= 15 is 0 Å². The van der Waals surface area contributed by atoms with E-state index in [1.807, 2.05) is 0 Å². The van der Waals surface area contributed by atoms with Crippen molar-refractivity contribution in [2.45, 2.75) is 19.4 Å². The second kappa shape index (κ2) is 5.11. The smallest absolute Gasteiger partial charge is 0.354 e. The highest BCUT2D eigenvalue weighted by molar-refractivity contribution is 5.86. The molecule has 0 saturated heterocycles. The molecule has 1 aromatic rings. The van der Waals surface area contributed by atoms with E-state index < -0.39 is 11.9 Å². The molecule has 0 bridgehead atoms. The maximum Gasteiger partial charge on any atom is 0.354 e. The van der Waals surface area contributed by atoms with Gasteiger partial charge in [-0.3, -0.25) is 4.79 Å². The molecule has 0 saturated carbocycles. The summed E-state index contributed by atoms with van der Waals surface area (Å²) in [5.41, 5.74) is 5.59. The number of carbonyl (C=O) groups is 2. The number of nitrogens with one attached hydrogen (secondary N) is 1. The number of hydrogen-bond donors (Lipinski definition) is 3. The summed E-state index contributed by atoms with van der Waals surface area (Å²) in [6, 6.07) is 2.88. The number of carbonyl (C=O) groups excluding carboxylic acids is 1. The molecule has 16 heavy (non-hydrogen) atoms. The van der Waals surface area contributed by atoms with Gasteiger partial charge in [0.15, 0.2) is 0 Å². The van der Waals surface area contributed by atoms with E-state index in [-0.39, 0.29) is 18.2 Å². The van der Waals surface area contributed by atoms with Crippen LogP contribution in [0.3, 0.4) is 0 Å². The van der Waals surface area contributed by atoms with Gasteiger partial charge in [-0.25, -0.2) is 9.78 Å². The number of pyridine rings is 1. The van der Waals surface area contributed by atoms with Crippen molar-refractivity contribution in [3.05, 3.63) is 24.0 Å². The molecule has 0 aliphatic rings. The molecule has 6 nitrogen and oxygen atoms in total. The highest BCUT2D eigenvalue weighted by atomic mass is 16.4. The molecule has 1 rings (SSSR count). The summed E-state index contributed by atoms with van der Waals surface area (Å²) in [4.78, 5) is 25.0. The van der Waals surface area contributed by atoms with Gasteiger partial charge < -0.3 is 16.2 Å². The van der Waals surface area contributed by atoms with E-state index in [0.29, 0.717) is 5.69 Å². The van der Waals surface area contributed by atoms with Crippen LogP contribution in [0, 0.1) is 0 Å². The fraction of sp³-hybridized carbons (Fsp3) is 0.300. The molecule has 86 valence electrons. The number of aromatic carboxylic acids is 1. The van der Waals surface area contributed by atoms with E-state index in [4.69, 9.17) is 10.8 Å². The first-order valence-electron chi connectivity index (χ1n) is 4.73. The Bertz CT molecular complexity index is 406. The Hall–Kier alpha value is -2.11. The van der Waals surface area contributed by atoms with Crippen molar-refractivity contribution in [3.8, 4) is 0 Å². The minimum atomic E-state index is -1.09. The number of anilines is 1. The van der Waals surface area contributed by atoms with E-state index in [2.05, 4.69) is 10.3 Å². The highest BCUT2D eigenvalue weighted by Gasteiger charge is 2.08. The van der Waals surface area contributed by atoms with Crippen LogP contribution in [0.5, 0.6) is 0 Å².